The molecule has 1 saturated heterocycles. The molecular formula is C22H19N5O2. The van der Waals surface area contributed by atoms with Gasteiger partial charge >= 0.3 is 0 Å². The summed E-state index contributed by atoms with van der Waals surface area (Å²) in [6.07, 6.45) is 2.33. The van der Waals surface area contributed by atoms with Gasteiger partial charge in [-0.15, -0.1) is 0 Å². The van der Waals surface area contributed by atoms with E-state index in [0.717, 1.165) is 5.39 Å². The van der Waals surface area contributed by atoms with E-state index in [4.69, 9.17) is 5.26 Å². The van der Waals surface area contributed by atoms with E-state index in [1.807, 2.05) is 18.2 Å². The number of amides is 2. The average Bonchev–Trinajstić information content (AvgIpc) is 3.04. The fraction of sp³-hybridized carbons (Fsp3) is 0.227. The largest absolute Gasteiger partial charge is 0.337 e. The second-order valence-electron chi connectivity index (χ2n) is 6.88. The van der Waals surface area contributed by atoms with Crippen LogP contribution in [0.15, 0.2) is 54.7 Å². The van der Waals surface area contributed by atoms with E-state index in [2.05, 4.69) is 16.0 Å². The maximum atomic E-state index is 12.9. The molecule has 0 bridgehead atoms. The molecule has 2 aromatic heterocycles. The van der Waals surface area contributed by atoms with Crippen LogP contribution in [-0.2, 0) is 0 Å². The van der Waals surface area contributed by atoms with Crippen molar-refractivity contribution in [1.29, 1.82) is 5.26 Å². The van der Waals surface area contributed by atoms with Crippen LogP contribution in [0, 0.1) is 11.3 Å². The van der Waals surface area contributed by atoms with Crippen molar-refractivity contribution in [2.24, 2.45) is 0 Å². The zero-order valence-corrected chi connectivity index (χ0v) is 15.8. The quantitative estimate of drug-likeness (QED) is 0.676. The maximum absolute atomic E-state index is 12.9. The van der Waals surface area contributed by atoms with Crippen LogP contribution in [0.1, 0.15) is 32.8 Å². The molecule has 1 aromatic carbocycles. The SMILES string of the molecule is N#Cc1cccc(C(=O)N2CCCN(C(=O)c3ccc4cccnc4n3)CC2)c1. The van der Waals surface area contributed by atoms with Gasteiger partial charge < -0.3 is 9.80 Å². The Morgan fingerprint density at radius 3 is 2.52 bits per heavy atom. The van der Waals surface area contributed by atoms with Gasteiger partial charge in [0.05, 0.1) is 11.6 Å². The first-order chi connectivity index (χ1) is 14.2. The molecule has 7 heteroatoms. The monoisotopic (exact) mass is 385 g/mol. The third-order valence-electron chi connectivity index (χ3n) is 4.99. The van der Waals surface area contributed by atoms with Gasteiger partial charge in [-0.2, -0.15) is 5.26 Å². The molecule has 0 unspecified atom stereocenters. The molecule has 0 aliphatic carbocycles. The standard InChI is InChI=1S/C22H19N5O2/c23-15-16-4-1-5-18(14-16)21(28)26-10-3-11-27(13-12-26)22(29)19-8-7-17-6-2-9-24-20(17)25-19/h1-2,4-9,14H,3,10-13H2. The molecular weight excluding hydrogens is 366 g/mol. The molecule has 1 aliphatic heterocycles. The van der Waals surface area contributed by atoms with Crippen molar-refractivity contribution in [2.45, 2.75) is 6.42 Å². The van der Waals surface area contributed by atoms with Crippen LogP contribution in [0.25, 0.3) is 11.0 Å². The van der Waals surface area contributed by atoms with E-state index >= 15 is 0 Å². The van der Waals surface area contributed by atoms with Crippen molar-refractivity contribution >= 4 is 22.8 Å². The van der Waals surface area contributed by atoms with Crippen molar-refractivity contribution in [3.8, 4) is 6.07 Å². The second kappa shape index (κ2) is 8.07. The van der Waals surface area contributed by atoms with Crippen LogP contribution in [-0.4, -0.2) is 57.8 Å². The van der Waals surface area contributed by atoms with Crippen molar-refractivity contribution in [3.05, 3.63) is 71.5 Å². The number of carbonyl (C=O) groups is 2. The van der Waals surface area contributed by atoms with E-state index in [0.29, 0.717) is 55.1 Å². The molecule has 2 amide bonds. The molecule has 1 aliphatic rings. The first-order valence-corrected chi connectivity index (χ1v) is 9.46. The highest BCUT2D eigenvalue weighted by atomic mass is 16.2. The first kappa shape index (κ1) is 18.6. The number of pyridine rings is 2. The molecule has 144 valence electrons. The number of nitriles is 1. The lowest BCUT2D eigenvalue weighted by atomic mass is 10.1. The highest BCUT2D eigenvalue weighted by Gasteiger charge is 2.24. The highest BCUT2D eigenvalue weighted by Crippen LogP contribution is 2.14. The van der Waals surface area contributed by atoms with Crippen LogP contribution in [0.4, 0.5) is 0 Å². The van der Waals surface area contributed by atoms with Crippen molar-refractivity contribution < 1.29 is 9.59 Å². The number of nitrogens with zero attached hydrogens (tertiary/aromatic N) is 5. The van der Waals surface area contributed by atoms with Gasteiger partial charge in [0, 0.05) is 43.3 Å². The topological polar surface area (TPSA) is 90.2 Å². The van der Waals surface area contributed by atoms with Gasteiger partial charge in [0.1, 0.15) is 5.69 Å². The fourth-order valence-corrected chi connectivity index (χ4v) is 3.46. The van der Waals surface area contributed by atoms with E-state index < -0.39 is 0 Å². The van der Waals surface area contributed by atoms with Crippen molar-refractivity contribution in [1.82, 2.24) is 19.8 Å². The minimum absolute atomic E-state index is 0.121. The van der Waals surface area contributed by atoms with E-state index in [-0.39, 0.29) is 11.8 Å². The second-order valence-corrected chi connectivity index (χ2v) is 6.88. The van der Waals surface area contributed by atoms with Crippen LogP contribution < -0.4 is 0 Å². The molecule has 29 heavy (non-hydrogen) atoms. The molecule has 0 atom stereocenters. The Morgan fingerprint density at radius 2 is 1.72 bits per heavy atom. The molecule has 0 spiro atoms. The summed E-state index contributed by atoms with van der Waals surface area (Å²) in [5, 5.41) is 9.93. The molecule has 0 N–H and O–H groups in total. The summed E-state index contributed by atoms with van der Waals surface area (Å²) in [4.78, 5) is 37.8. The molecule has 1 fully saturated rings. The number of hydrogen-bond acceptors (Lipinski definition) is 5. The van der Waals surface area contributed by atoms with Gasteiger partial charge in [-0.1, -0.05) is 6.07 Å². The van der Waals surface area contributed by atoms with Gasteiger partial charge in [0.15, 0.2) is 5.65 Å². The Kier molecular flexibility index (Phi) is 5.16. The zero-order valence-electron chi connectivity index (χ0n) is 15.8. The number of rotatable bonds is 2. The van der Waals surface area contributed by atoms with Gasteiger partial charge in [-0.3, -0.25) is 9.59 Å². The van der Waals surface area contributed by atoms with Crippen LogP contribution in [0.2, 0.25) is 0 Å². The maximum Gasteiger partial charge on any atom is 0.272 e. The summed E-state index contributed by atoms with van der Waals surface area (Å²) >= 11 is 0. The normalized spacial score (nSPS) is 14.3. The summed E-state index contributed by atoms with van der Waals surface area (Å²) < 4.78 is 0. The lowest BCUT2D eigenvalue weighted by Gasteiger charge is -2.22. The van der Waals surface area contributed by atoms with E-state index in [1.54, 1.807) is 46.3 Å². The highest BCUT2D eigenvalue weighted by molar-refractivity contribution is 5.95. The molecule has 3 heterocycles. The molecule has 4 rings (SSSR count). The van der Waals surface area contributed by atoms with Gasteiger partial charge in [0.25, 0.3) is 11.8 Å². The minimum atomic E-state index is -0.154. The zero-order chi connectivity index (χ0) is 20.2. The summed E-state index contributed by atoms with van der Waals surface area (Å²) in [7, 11) is 0. The molecule has 0 radical (unpaired) electrons. The van der Waals surface area contributed by atoms with Gasteiger partial charge in [-0.25, -0.2) is 9.97 Å². The number of hydrogen-bond donors (Lipinski definition) is 0. The predicted molar refractivity (Wildman–Crippen MR) is 107 cm³/mol. The van der Waals surface area contributed by atoms with Crippen molar-refractivity contribution in [2.75, 3.05) is 26.2 Å². The van der Waals surface area contributed by atoms with Crippen molar-refractivity contribution in [3.63, 3.8) is 0 Å². The molecule has 7 nitrogen and oxygen atoms in total. The van der Waals surface area contributed by atoms with E-state index in [9.17, 15) is 9.59 Å². The summed E-state index contributed by atoms with van der Waals surface area (Å²) in [5.74, 6) is -0.275. The third-order valence-corrected chi connectivity index (χ3v) is 4.99. The van der Waals surface area contributed by atoms with Gasteiger partial charge in [0.2, 0.25) is 0 Å². The predicted octanol–water partition coefficient (Wildman–Crippen LogP) is 2.49. The number of fused-ring (bicyclic) bond motifs is 1. The van der Waals surface area contributed by atoms with Crippen LogP contribution in [0.5, 0.6) is 0 Å². The Morgan fingerprint density at radius 1 is 0.931 bits per heavy atom. The smallest absolute Gasteiger partial charge is 0.272 e. The number of benzene rings is 1. The molecule has 0 saturated carbocycles. The average molecular weight is 385 g/mol. The fourth-order valence-electron chi connectivity index (χ4n) is 3.46. The summed E-state index contributed by atoms with van der Waals surface area (Å²) in [6, 6.07) is 16.0. The number of carbonyl (C=O) groups excluding carboxylic acids is 2. The van der Waals surface area contributed by atoms with Gasteiger partial charge in [-0.05, 0) is 48.9 Å². The van der Waals surface area contributed by atoms with Crippen LogP contribution >= 0.6 is 0 Å². The minimum Gasteiger partial charge on any atom is -0.337 e. The number of aromatic nitrogens is 2. The van der Waals surface area contributed by atoms with E-state index in [1.165, 1.54) is 0 Å². The Hall–Kier alpha value is -3.79. The summed E-state index contributed by atoms with van der Waals surface area (Å²) in [6.45, 7) is 1.99. The lowest BCUT2D eigenvalue weighted by Crippen LogP contribution is -2.37. The molecule has 3 aromatic rings. The Bertz CT molecular complexity index is 1120. The van der Waals surface area contributed by atoms with Crippen LogP contribution in [0.3, 0.4) is 0 Å². The first-order valence-electron chi connectivity index (χ1n) is 9.46. The third kappa shape index (κ3) is 3.92. The summed E-state index contributed by atoms with van der Waals surface area (Å²) in [5.41, 5.74) is 1.85. The Balaban J connectivity index is 1.47. The Labute approximate surface area is 168 Å². The lowest BCUT2D eigenvalue weighted by molar-refractivity contribution is 0.0716.